The van der Waals surface area contributed by atoms with Gasteiger partial charge < -0.3 is 4.84 Å². The van der Waals surface area contributed by atoms with E-state index in [1.165, 1.54) is 0 Å². The van der Waals surface area contributed by atoms with Crippen molar-refractivity contribution in [3.63, 3.8) is 0 Å². The van der Waals surface area contributed by atoms with Crippen LogP contribution in [-0.4, -0.2) is 12.1 Å². The predicted octanol–water partition coefficient (Wildman–Crippen LogP) is 2.10. The second-order valence-corrected chi connectivity index (χ2v) is 3.15. The molecule has 1 rings (SSSR count). The van der Waals surface area contributed by atoms with E-state index < -0.39 is 0 Å². The van der Waals surface area contributed by atoms with Gasteiger partial charge in [0.15, 0.2) is 0 Å². The highest BCUT2D eigenvalue weighted by Gasteiger charge is 2.17. The van der Waals surface area contributed by atoms with E-state index in [0.29, 0.717) is 0 Å². The third-order valence-electron chi connectivity index (χ3n) is 2.15. The molecule has 1 N–H and O–H groups in total. The number of pyridine rings is 1. The Morgan fingerprint density at radius 3 is 2.86 bits per heavy atom. The predicted molar refractivity (Wildman–Crippen MR) is 56.5 cm³/mol. The molecule has 0 aliphatic heterocycles. The number of rotatable bonds is 5. The van der Waals surface area contributed by atoms with E-state index in [4.69, 9.17) is 4.84 Å². The summed E-state index contributed by atoms with van der Waals surface area (Å²) in [5.41, 5.74) is 3.88. The molecule has 0 bridgehead atoms. The van der Waals surface area contributed by atoms with Gasteiger partial charge in [-0.25, -0.2) is 0 Å². The quantitative estimate of drug-likeness (QED) is 0.573. The van der Waals surface area contributed by atoms with E-state index in [0.717, 1.165) is 5.69 Å². The summed E-state index contributed by atoms with van der Waals surface area (Å²) in [7, 11) is 1.60. The molecule has 1 heterocycles. The van der Waals surface area contributed by atoms with Crippen molar-refractivity contribution in [3.05, 3.63) is 42.7 Å². The fourth-order valence-corrected chi connectivity index (χ4v) is 1.26. The lowest BCUT2D eigenvalue weighted by Gasteiger charge is -2.20. The Morgan fingerprint density at radius 2 is 2.36 bits per heavy atom. The molecule has 0 fully saturated rings. The lowest BCUT2D eigenvalue weighted by molar-refractivity contribution is 0.0483. The summed E-state index contributed by atoms with van der Waals surface area (Å²) in [6, 6.07) is 5.88. The molecule has 0 saturated carbocycles. The van der Waals surface area contributed by atoms with Gasteiger partial charge in [0.2, 0.25) is 0 Å². The molecule has 1 aromatic rings. The monoisotopic (exact) mass is 192 g/mol. The summed E-state index contributed by atoms with van der Waals surface area (Å²) >= 11 is 0. The van der Waals surface area contributed by atoms with Gasteiger partial charge in [-0.15, -0.1) is 6.58 Å². The molecule has 0 aromatic carbocycles. The molecular weight excluding hydrogens is 176 g/mol. The van der Waals surface area contributed by atoms with Crippen molar-refractivity contribution < 1.29 is 4.84 Å². The molecule has 1 aromatic heterocycles. The number of aromatic nitrogens is 1. The van der Waals surface area contributed by atoms with Gasteiger partial charge in [0.25, 0.3) is 0 Å². The molecule has 0 saturated heterocycles. The van der Waals surface area contributed by atoms with Gasteiger partial charge in [0.1, 0.15) is 0 Å². The topological polar surface area (TPSA) is 34.1 Å². The van der Waals surface area contributed by atoms with Crippen LogP contribution >= 0.6 is 0 Å². The van der Waals surface area contributed by atoms with Crippen LogP contribution in [-0.2, 0) is 4.84 Å². The van der Waals surface area contributed by atoms with Gasteiger partial charge in [-0.2, -0.15) is 5.48 Å². The van der Waals surface area contributed by atoms with Gasteiger partial charge >= 0.3 is 0 Å². The molecule has 0 radical (unpaired) electrons. The molecule has 3 heteroatoms. The van der Waals surface area contributed by atoms with Crippen molar-refractivity contribution >= 4 is 0 Å². The van der Waals surface area contributed by atoms with E-state index in [-0.39, 0.29) is 12.0 Å². The molecule has 0 spiro atoms. The molecule has 2 atom stereocenters. The maximum atomic E-state index is 4.94. The second kappa shape index (κ2) is 5.52. The molecule has 76 valence electrons. The smallest absolute Gasteiger partial charge is 0.0802 e. The first-order chi connectivity index (χ1) is 6.79. The lowest BCUT2D eigenvalue weighted by Crippen LogP contribution is -2.25. The number of nitrogens with one attached hydrogen (secondary N) is 1. The SMILES string of the molecule is C=C[C@H](C)[C@H](NOC)c1ccccn1. The molecule has 14 heavy (non-hydrogen) atoms. The highest BCUT2D eigenvalue weighted by molar-refractivity contribution is 5.10. The van der Waals surface area contributed by atoms with Gasteiger partial charge in [0.05, 0.1) is 18.8 Å². The molecule has 3 nitrogen and oxygen atoms in total. The van der Waals surface area contributed by atoms with Crippen LogP contribution < -0.4 is 5.48 Å². The first-order valence-electron chi connectivity index (χ1n) is 4.61. The maximum Gasteiger partial charge on any atom is 0.0802 e. The Kier molecular flexibility index (Phi) is 4.29. The first kappa shape index (κ1) is 10.9. The Bertz CT molecular complexity index is 274. The fraction of sp³-hybridized carbons (Fsp3) is 0.364. The zero-order valence-electron chi connectivity index (χ0n) is 8.60. The zero-order valence-corrected chi connectivity index (χ0v) is 8.60. The van der Waals surface area contributed by atoms with Gasteiger partial charge in [-0.05, 0) is 18.1 Å². The summed E-state index contributed by atoms with van der Waals surface area (Å²) in [6.07, 6.45) is 3.65. The van der Waals surface area contributed by atoms with E-state index in [9.17, 15) is 0 Å². The minimum atomic E-state index is 0.0544. The maximum absolute atomic E-state index is 4.94. The lowest BCUT2D eigenvalue weighted by atomic mass is 9.99. The van der Waals surface area contributed by atoms with Gasteiger partial charge in [0, 0.05) is 6.20 Å². The van der Waals surface area contributed by atoms with Crippen LogP contribution in [0.3, 0.4) is 0 Å². The number of nitrogens with zero attached hydrogens (tertiary/aromatic N) is 1. The number of hydrogen-bond donors (Lipinski definition) is 1. The van der Waals surface area contributed by atoms with Crippen molar-refractivity contribution in [1.29, 1.82) is 0 Å². The van der Waals surface area contributed by atoms with Gasteiger partial charge in [-0.3, -0.25) is 4.98 Å². The summed E-state index contributed by atoms with van der Waals surface area (Å²) in [5.74, 6) is 0.268. The van der Waals surface area contributed by atoms with Crippen LogP contribution in [0.1, 0.15) is 18.7 Å². The fourth-order valence-electron chi connectivity index (χ4n) is 1.26. The summed E-state index contributed by atoms with van der Waals surface area (Å²) in [6.45, 7) is 5.83. The van der Waals surface area contributed by atoms with E-state index >= 15 is 0 Å². The van der Waals surface area contributed by atoms with Crippen molar-refractivity contribution in [2.24, 2.45) is 5.92 Å². The van der Waals surface area contributed by atoms with E-state index in [1.807, 2.05) is 24.3 Å². The number of hydrogen-bond acceptors (Lipinski definition) is 3. The Hall–Kier alpha value is -1.19. The van der Waals surface area contributed by atoms with Crippen molar-refractivity contribution in [3.8, 4) is 0 Å². The summed E-state index contributed by atoms with van der Waals surface area (Å²) in [5, 5.41) is 0. The van der Waals surface area contributed by atoms with Crippen molar-refractivity contribution in [2.75, 3.05) is 7.11 Å². The Morgan fingerprint density at radius 1 is 1.57 bits per heavy atom. The zero-order chi connectivity index (χ0) is 10.4. The average molecular weight is 192 g/mol. The third-order valence-corrected chi connectivity index (χ3v) is 2.15. The second-order valence-electron chi connectivity index (χ2n) is 3.15. The largest absolute Gasteiger partial charge is 0.304 e. The summed E-state index contributed by atoms with van der Waals surface area (Å²) in [4.78, 5) is 9.22. The summed E-state index contributed by atoms with van der Waals surface area (Å²) < 4.78 is 0. The minimum Gasteiger partial charge on any atom is -0.304 e. The standard InChI is InChI=1S/C11H16N2O/c1-4-9(2)11(13-14-3)10-7-5-6-8-12-10/h4-9,11,13H,1H2,2-3H3/t9-,11-/m0/s1. The van der Waals surface area contributed by atoms with Gasteiger partial charge in [-0.1, -0.05) is 19.1 Å². The average Bonchev–Trinajstić information content (AvgIpc) is 2.26. The minimum absolute atomic E-state index is 0.0544. The van der Waals surface area contributed by atoms with Crippen LogP contribution in [0.15, 0.2) is 37.1 Å². The van der Waals surface area contributed by atoms with E-state index in [2.05, 4.69) is 24.0 Å². The highest BCUT2D eigenvalue weighted by Crippen LogP contribution is 2.20. The van der Waals surface area contributed by atoms with E-state index in [1.54, 1.807) is 13.3 Å². The van der Waals surface area contributed by atoms with Crippen molar-refractivity contribution in [2.45, 2.75) is 13.0 Å². The Balaban J connectivity index is 2.82. The van der Waals surface area contributed by atoms with Crippen LogP contribution in [0, 0.1) is 5.92 Å². The molecule has 0 amide bonds. The van der Waals surface area contributed by atoms with Crippen LogP contribution in [0.5, 0.6) is 0 Å². The van der Waals surface area contributed by atoms with Crippen LogP contribution in [0.4, 0.5) is 0 Å². The Labute approximate surface area is 84.8 Å². The van der Waals surface area contributed by atoms with Crippen LogP contribution in [0.25, 0.3) is 0 Å². The molecule has 0 aliphatic rings. The third kappa shape index (κ3) is 2.65. The normalized spacial score (nSPS) is 14.7. The highest BCUT2D eigenvalue weighted by atomic mass is 16.6. The first-order valence-corrected chi connectivity index (χ1v) is 4.61. The molecule has 0 unspecified atom stereocenters. The molecular formula is C11H16N2O. The van der Waals surface area contributed by atoms with Crippen LogP contribution in [0.2, 0.25) is 0 Å². The molecule has 0 aliphatic carbocycles. The number of hydroxylamine groups is 1. The van der Waals surface area contributed by atoms with Crippen molar-refractivity contribution in [1.82, 2.24) is 10.5 Å².